The van der Waals surface area contributed by atoms with E-state index in [4.69, 9.17) is 16.7 Å². The SMILES string of the molecule is O=C(O)CN(Cc1ccccc1Cl)C(=O)C1CCC1. The van der Waals surface area contributed by atoms with Gasteiger partial charge in [0, 0.05) is 17.5 Å². The molecule has 0 atom stereocenters. The summed E-state index contributed by atoms with van der Waals surface area (Å²) in [5, 5.41) is 9.48. The van der Waals surface area contributed by atoms with Gasteiger partial charge in [0.05, 0.1) is 0 Å². The summed E-state index contributed by atoms with van der Waals surface area (Å²) in [5.41, 5.74) is 0.776. The van der Waals surface area contributed by atoms with Crippen molar-refractivity contribution in [1.29, 1.82) is 0 Å². The highest BCUT2D eigenvalue weighted by atomic mass is 35.5. The average Bonchev–Trinajstić information content (AvgIpc) is 2.28. The van der Waals surface area contributed by atoms with Crippen molar-refractivity contribution in [3.8, 4) is 0 Å². The molecule has 4 nitrogen and oxygen atoms in total. The Morgan fingerprint density at radius 1 is 1.32 bits per heavy atom. The Labute approximate surface area is 117 Å². The molecular formula is C14H16ClNO3. The Kier molecular flexibility index (Phi) is 4.43. The third-order valence-corrected chi connectivity index (χ3v) is 3.78. The second-order valence-electron chi connectivity index (χ2n) is 4.81. The number of carboxylic acid groups (broad SMARTS) is 1. The molecule has 0 radical (unpaired) electrons. The van der Waals surface area contributed by atoms with Gasteiger partial charge in [0.1, 0.15) is 6.54 Å². The van der Waals surface area contributed by atoms with Crippen LogP contribution in [0.1, 0.15) is 24.8 Å². The van der Waals surface area contributed by atoms with Crippen LogP contribution in [0.15, 0.2) is 24.3 Å². The van der Waals surface area contributed by atoms with Gasteiger partial charge >= 0.3 is 5.97 Å². The van der Waals surface area contributed by atoms with Crippen molar-refractivity contribution >= 4 is 23.5 Å². The molecule has 102 valence electrons. The lowest BCUT2D eigenvalue weighted by Crippen LogP contribution is -2.41. The van der Waals surface area contributed by atoms with Gasteiger partial charge in [0.25, 0.3) is 0 Å². The third kappa shape index (κ3) is 3.47. The van der Waals surface area contributed by atoms with Gasteiger partial charge in [-0.1, -0.05) is 36.2 Å². The van der Waals surface area contributed by atoms with E-state index in [0.717, 1.165) is 24.8 Å². The molecule has 1 aliphatic carbocycles. The van der Waals surface area contributed by atoms with Gasteiger partial charge in [0.2, 0.25) is 5.91 Å². The first-order chi connectivity index (χ1) is 9.08. The van der Waals surface area contributed by atoms with E-state index in [1.54, 1.807) is 12.1 Å². The van der Waals surface area contributed by atoms with E-state index in [1.165, 1.54) is 4.90 Å². The lowest BCUT2D eigenvalue weighted by Gasteiger charge is -2.31. The lowest BCUT2D eigenvalue weighted by molar-refractivity contribution is -0.148. The van der Waals surface area contributed by atoms with Gasteiger partial charge in [-0.15, -0.1) is 0 Å². The zero-order valence-electron chi connectivity index (χ0n) is 10.5. The molecule has 0 saturated heterocycles. The van der Waals surface area contributed by atoms with Crippen LogP contribution in [0.3, 0.4) is 0 Å². The molecule has 0 aromatic heterocycles. The molecule has 0 aliphatic heterocycles. The Balaban J connectivity index is 2.11. The topological polar surface area (TPSA) is 57.6 Å². The van der Waals surface area contributed by atoms with E-state index in [1.807, 2.05) is 12.1 Å². The van der Waals surface area contributed by atoms with Crippen LogP contribution in [-0.2, 0) is 16.1 Å². The van der Waals surface area contributed by atoms with Crippen LogP contribution < -0.4 is 0 Å². The first-order valence-electron chi connectivity index (χ1n) is 6.32. The standard InChI is InChI=1S/C14H16ClNO3/c15-12-7-2-1-4-11(12)8-16(9-13(17)18)14(19)10-5-3-6-10/h1-2,4,7,10H,3,5-6,8-9H2,(H,17,18). The van der Waals surface area contributed by atoms with Gasteiger partial charge in [-0.25, -0.2) is 0 Å². The van der Waals surface area contributed by atoms with E-state index in [2.05, 4.69) is 0 Å². The minimum atomic E-state index is -1.00. The molecule has 1 aromatic carbocycles. The van der Waals surface area contributed by atoms with Crippen LogP contribution in [-0.4, -0.2) is 28.4 Å². The number of carbonyl (C=O) groups is 2. The zero-order valence-corrected chi connectivity index (χ0v) is 11.3. The van der Waals surface area contributed by atoms with Crippen LogP contribution in [0.4, 0.5) is 0 Å². The third-order valence-electron chi connectivity index (χ3n) is 3.41. The van der Waals surface area contributed by atoms with Gasteiger partial charge in [0.15, 0.2) is 0 Å². The number of benzene rings is 1. The Morgan fingerprint density at radius 2 is 2.00 bits per heavy atom. The van der Waals surface area contributed by atoms with Gasteiger partial charge in [-0.2, -0.15) is 0 Å². The maximum absolute atomic E-state index is 12.2. The normalized spacial score (nSPS) is 14.8. The van der Waals surface area contributed by atoms with Crippen molar-refractivity contribution in [2.45, 2.75) is 25.8 Å². The van der Waals surface area contributed by atoms with Crippen molar-refractivity contribution in [1.82, 2.24) is 4.90 Å². The highest BCUT2D eigenvalue weighted by Crippen LogP contribution is 2.29. The van der Waals surface area contributed by atoms with Crippen LogP contribution in [0.5, 0.6) is 0 Å². The molecule has 19 heavy (non-hydrogen) atoms. The van der Waals surface area contributed by atoms with Gasteiger partial charge < -0.3 is 10.0 Å². The molecular weight excluding hydrogens is 266 g/mol. The van der Waals surface area contributed by atoms with E-state index in [-0.39, 0.29) is 24.9 Å². The number of carbonyl (C=O) groups excluding carboxylic acids is 1. The van der Waals surface area contributed by atoms with Crippen LogP contribution in [0, 0.1) is 5.92 Å². The fourth-order valence-electron chi connectivity index (χ4n) is 2.12. The maximum Gasteiger partial charge on any atom is 0.323 e. The Morgan fingerprint density at radius 3 is 2.53 bits per heavy atom. The molecule has 0 bridgehead atoms. The number of amides is 1. The molecule has 0 unspecified atom stereocenters. The molecule has 2 rings (SSSR count). The monoisotopic (exact) mass is 281 g/mol. The minimum Gasteiger partial charge on any atom is -0.480 e. The van der Waals surface area contributed by atoms with Gasteiger partial charge in [-0.3, -0.25) is 9.59 Å². The van der Waals surface area contributed by atoms with Crippen molar-refractivity contribution in [3.05, 3.63) is 34.9 Å². The van der Waals surface area contributed by atoms with Gasteiger partial charge in [-0.05, 0) is 24.5 Å². The predicted molar refractivity (Wildman–Crippen MR) is 71.8 cm³/mol. The van der Waals surface area contributed by atoms with Crippen molar-refractivity contribution in [3.63, 3.8) is 0 Å². The largest absolute Gasteiger partial charge is 0.480 e. The number of aliphatic carboxylic acids is 1. The van der Waals surface area contributed by atoms with Crippen molar-refractivity contribution in [2.75, 3.05) is 6.54 Å². The Bertz CT molecular complexity index is 485. The number of carboxylic acids is 1. The van der Waals surface area contributed by atoms with E-state index >= 15 is 0 Å². The summed E-state index contributed by atoms with van der Waals surface area (Å²) in [6, 6.07) is 7.18. The summed E-state index contributed by atoms with van der Waals surface area (Å²) < 4.78 is 0. The summed E-state index contributed by atoms with van der Waals surface area (Å²) >= 11 is 6.05. The first kappa shape index (κ1) is 13.9. The van der Waals surface area contributed by atoms with E-state index in [0.29, 0.717) is 5.02 Å². The summed E-state index contributed by atoms with van der Waals surface area (Å²) in [4.78, 5) is 24.5. The quantitative estimate of drug-likeness (QED) is 0.902. The number of nitrogens with zero attached hydrogens (tertiary/aromatic N) is 1. The molecule has 1 N–H and O–H groups in total. The molecule has 5 heteroatoms. The summed E-state index contributed by atoms with van der Waals surface area (Å²) in [7, 11) is 0. The zero-order chi connectivity index (χ0) is 13.8. The highest BCUT2D eigenvalue weighted by molar-refractivity contribution is 6.31. The highest BCUT2D eigenvalue weighted by Gasteiger charge is 2.30. The van der Waals surface area contributed by atoms with E-state index in [9.17, 15) is 9.59 Å². The smallest absolute Gasteiger partial charge is 0.323 e. The molecule has 1 aromatic rings. The predicted octanol–water partition coefficient (Wildman–Crippen LogP) is 2.55. The molecule has 1 fully saturated rings. The van der Waals surface area contributed by atoms with Crippen molar-refractivity contribution in [2.24, 2.45) is 5.92 Å². The van der Waals surface area contributed by atoms with Crippen LogP contribution >= 0.6 is 11.6 Å². The molecule has 1 aliphatic rings. The fraction of sp³-hybridized carbons (Fsp3) is 0.429. The Hall–Kier alpha value is -1.55. The number of hydrogen-bond acceptors (Lipinski definition) is 2. The summed E-state index contributed by atoms with van der Waals surface area (Å²) in [6.45, 7) is -0.0259. The van der Waals surface area contributed by atoms with E-state index < -0.39 is 5.97 Å². The lowest BCUT2D eigenvalue weighted by atomic mass is 9.84. The number of rotatable bonds is 5. The molecule has 1 saturated carbocycles. The first-order valence-corrected chi connectivity index (χ1v) is 6.69. The number of hydrogen-bond donors (Lipinski definition) is 1. The summed E-state index contributed by atoms with van der Waals surface area (Å²) in [6.07, 6.45) is 2.76. The summed E-state index contributed by atoms with van der Waals surface area (Å²) in [5.74, 6) is -1.09. The van der Waals surface area contributed by atoms with Crippen LogP contribution in [0.2, 0.25) is 5.02 Å². The van der Waals surface area contributed by atoms with Crippen LogP contribution in [0.25, 0.3) is 0 Å². The molecule has 1 amide bonds. The fourth-order valence-corrected chi connectivity index (χ4v) is 2.32. The molecule has 0 heterocycles. The maximum atomic E-state index is 12.2. The van der Waals surface area contributed by atoms with Crippen molar-refractivity contribution < 1.29 is 14.7 Å². The second-order valence-corrected chi connectivity index (χ2v) is 5.21. The average molecular weight is 282 g/mol. The second kappa shape index (κ2) is 6.06. The minimum absolute atomic E-state index is 0.0122. The molecule has 0 spiro atoms. The number of halogens is 1.